The first kappa shape index (κ1) is 20.9. The van der Waals surface area contributed by atoms with E-state index in [0.29, 0.717) is 9.36 Å². The van der Waals surface area contributed by atoms with Gasteiger partial charge in [-0.1, -0.05) is 6.07 Å². The molecule has 0 bridgehead atoms. The molecular weight excluding hydrogens is 420 g/mol. The number of methoxy groups -OCH3 is 2. The van der Waals surface area contributed by atoms with Crippen LogP contribution in [-0.2, 0) is 0 Å². The number of carbonyl (C=O) groups is 2. The Balaban J connectivity index is 2.05. The summed E-state index contributed by atoms with van der Waals surface area (Å²) in [5.74, 6) is -1.86. The van der Waals surface area contributed by atoms with E-state index in [9.17, 15) is 23.9 Å². The van der Waals surface area contributed by atoms with Gasteiger partial charge in [0.15, 0.2) is 5.82 Å². The summed E-state index contributed by atoms with van der Waals surface area (Å²) >= 11 is 0. The number of carboxylic acid groups (broad SMARTS) is 1. The van der Waals surface area contributed by atoms with Gasteiger partial charge in [0.05, 0.1) is 25.5 Å². The summed E-state index contributed by atoms with van der Waals surface area (Å²) in [6.07, 6.45) is 0. The summed E-state index contributed by atoms with van der Waals surface area (Å²) in [4.78, 5) is 36.8. The molecule has 1 unspecified atom stereocenters. The standard InChI is InChI=1S/C17H15FN5O6P/c1-28-12-7-6-9(15(24)25)8-11(12)23(30)17(27)22-16(26)21(19-20-22)14-10(18)4-3-5-13(14)29-2/h3-8H,30H2,1-2H3,(H,24,25). The second kappa shape index (κ2) is 8.29. The van der Waals surface area contributed by atoms with E-state index in [4.69, 9.17) is 9.47 Å². The highest BCUT2D eigenvalue weighted by Crippen LogP contribution is 2.32. The van der Waals surface area contributed by atoms with Crippen LogP contribution >= 0.6 is 9.39 Å². The largest absolute Gasteiger partial charge is 0.495 e. The summed E-state index contributed by atoms with van der Waals surface area (Å²) in [7, 11) is 4.65. The van der Waals surface area contributed by atoms with Crippen LogP contribution in [0.15, 0.2) is 41.2 Å². The molecule has 2 aromatic carbocycles. The Kier molecular flexibility index (Phi) is 5.79. The van der Waals surface area contributed by atoms with Gasteiger partial charge in [0.2, 0.25) is 0 Å². The second-order valence-electron chi connectivity index (χ2n) is 5.72. The predicted molar refractivity (Wildman–Crippen MR) is 105 cm³/mol. The number of aromatic carboxylic acids is 1. The fraction of sp³-hybridized carbons (Fsp3) is 0.118. The van der Waals surface area contributed by atoms with Gasteiger partial charge in [-0.3, -0.25) is 4.67 Å². The molecule has 0 fully saturated rings. The summed E-state index contributed by atoms with van der Waals surface area (Å²) < 4.78 is 26.3. The molecule has 1 heterocycles. The van der Waals surface area contributed by atoms with Gasteiger partial charge in [-0.05, 0) is 50.1 Å². The van der Waals surface area contributed by atoms with Gasteiger partial charge < -0.3 is 14.6 Å². The van der Waals surface area contributed by atoms with Crippen LogP contribution in [0.4, 0.5) is 14.9 Å². The molecule has 3 rings (SSSR count). The SMILES string of the molecule is COc1ccc(C(=O)O)cc1N(P)C(=O)n1nnn(-c2c(F)cccc2OC)c1=O. The third-order valence-electron chi connectivity index (χ3n) is 4.04. The van der Waals surface area contributed by atoms with Crippen molar-refractivity contribution in [2.24, 2.45) is 0 Å². The van der Waals surface area contributed by atoms with Crippen molar-refractivity contribution in [3.63, 3.8) is 0 Å². The van der Waals surface area contributed by atoms with Crippen LogP contribution in [0.5, 0.6) is 11.5 Å². The summed E-state index contributed by atoms with van der Waals surface area (Å²) in [5, 5.41) is 16.2. The summed E-state index contributed by atoms with van der Waals surface area (Å²) in [6.45, 7) is 0. The van der Waals surface area contributed by atoms with Gasteiger partial charge in [0.1, 0.15) is 17.2 Å². The zero-order chi connectivity index (χ0) is 22.0. The van der Waals surface area contributed by atoms with Crippen molar-refractivity contribution in [1.82, 2.24) is 19.8 Å². The molecule has 0 saturated carbocycles. The Morgan fingerprint density at radius 3 is 2.47 bits per heavy atom. The van der Waals surface area contributed by atoms with Gasteiger partial charge in [-0.25, -0.2) is 18.8 Å². The first-order chi connectivity index (χ1) is 14.3. The molecule has 1 atom stereocenters. The fourth-order valence-corrected chi connectivity index (χ4v) is 2.90. The topological polar surface area (TPSA) is 129 Å². The third-order valence-corrected chi connectivity index (χ3v) is 4.53. The molecule has 0 aliphatic heterocycles. The van der Waals surface area contributed by atoms with Crippen LogP contribution in [0, 0.1) is 5.82 Å². The number of carboxylic acids is 1. The van der Waals surface area contributed by atoms with E-state index >= 15 is 0 Å². The molecule has 1 aromatic heterocycles. The highest BCUT2D eigenvalue weighted by Gasteiger charge is 2.25. The Labute approximate surface area is 170 Å². The third kappa shape index (κ3) is 3.60. The maximum atomic E-state index is 14.3. The quantitative estimate of drug-likeness (QED) is 0.472. The predicted octanol–water partition coefficient (Wildman–Crippen LogP) is 1.55. The first-order valence-electron chi connectivity index (χ1n) is 8.18. The van der Waals surface area contributed by atoms with Crippen LogP contribution in [0.1, 0.15) is 10.4 Å². The molecule has 0 spiro atoms. The fourth-order valence-electron chi connectivity index (χ4n) is 2.59. The van der Waals surface area contributed by atoms with Gasteiger partial charge in [0.25, 0.3) is 0 Å². The molecular formula is C17H15FN5O6P. The van der Waals surface area contributed by atoms with E-state index in [0.717, 1.165) is 10.7 Å². The number of halogens is 1. The number of para-hydroxylation sites is 1. The smallest absolute Gasteiger partial charge is 0.377 e. The number of nitrogens with zero attached hydrogens (tertiary/aromatic N) is 5. The van der Waals surface area contributed by atoms with E-state index in [1.165, 1.54) is 44.6 Å². The molecule has 1 amide bonds. The number of rotatable bonds is 5. The number of aromatic nitrogens is 4. The lowest BCUT2D eigenvalue weighted by Gasteiger charge is -2.18. The Morgan fingerprint density at radius 1 is 1.13 bits per heavy atom. The van der Waals surface area contributed by atoms with E-state index < -0.39 is 23.5 Å². The zero-order valence-electron chi connectivity index (χ0n) is 15.6. The Bertz CT molecular complexity index is 1190. The number of hydrogen-bond acceptors (Lipinski definition) is 7. The minimum atomic E-state index is -1.22. The molecule has 0 aliphatic rings. The van der Waals surface area contributed by atoms with Crippen molar-refractivity contribution >= 4 is 27.1 Å². The molecule has 13 heteroatoms. The number of anilines is 1. The van der Waals surface area contributed by atoms with Crippen LogP contribution in [0.2, 0.25) is 0 Å². The average molecular weight is 435 g/mol. The normalized spacial score (nSPS) is 10.5. The van der Waals surface area contributed by atoms with Gasteiger partial charge in [-0.2, -0.15) is 4.68 Å². The first-order valence-corrected chi connectivity index (χ1v) is 8.70. The number of amides is 1. The summed E-state index contributed by atoms with van der Waals surface area (Å²) in [6, 6.07) is 6.71. The van der Waals surface area contributed by atoms with Crippen molar-refractivity contribution in [3.05, 3.63) is 58.3 Å². The highest BCUT2D eigenvalue weighted by atomic mass is 31.0. The minimum Gasteiger partial charge on any atom is -0.495 e. The van der Waals surface area contributed by atoms with Gasteiger partial charge in [-0.15, -0.1) is 4.68 Å². The lowest BCUT2D eigenvalue weighted by molar-refractivity contribution is 0.0697. The van der Waals surface area contributed by atoms with Crippen LogP contribution in [0.3, 0.4) is 0 Å². The molecule has 3 aromatic rings. The molecule has 0 aliphatic carbocycles. The lowest BCUT2D eigenvalue weighted by atomic mass is 10.2. The van der Waals surface area contributed by atoms with Crippen molar-refractivity contribution in [1.29, 1.82) is 0 Å². The number of benzene rings is 2. The van der Waals surface area contributed by atoms with E-state index in [-0.39, 0.29) is 28.4 Å². The Hall–Kier alpha value is -3.79. The molecule has 30 heavy (non-hydrogen) atoms. The maximum Gasteiger partial charge on any atom is 0.377 e. The lowest BCUT2D eigenvalue weighted by Crippen LogP contribution is -2.36. The van der Waals surface area contributed by atoms with Crippen molar-refractivity contribution in [2.45, 2.75) is 0 Å². The molecule has 11 nitrogen and oxygen atoms in total. The zero-order valence-corrected chi connectivity index (χ0v) is 16.8. The number of hydrogen-bond donors (Lipinski definition) is 1. The van der Waals surface area contributed by atoms with Gasteiger partial charge in [0, 0.05) is 0 Å². The Morgan fingerprint density at radius 2 is 1.83 bits per heavy atom. The molecule has 156 valence electrons. The van der Waals surface area contributed by atoms with Crippen molar-refractivity contribution in [3.8, 4) is 17.2 Å². The molecule has 0 radical (unpaired) electrons. The highest BCUT2D eigenvalue weighted by molar-refractivity contribution is 7.21. The van der Waals surface area contributed by atoms with E-state index in [1.807, 2.05) is 9.39 Å². The number of ether oxygens (including phenoxy) is 2. The molecule has 1 N–H and O–H groups in total. The van der Waals surface area contributed by atoms with Crippen LogP contribution in [0.25, 0.3) is 5.69 Å². The number of carbonyl (C=O) groups excluding carboxylic acids is 1. The van der Waals surface area contributed by atoms with E-state index in [2.05, 4.69) is 10.4 Å². The second-order valence-corrected chi connectivity index (χ2v) is 6.24. The van der Waals surface area contributed by atoms with Crippen LogP contribution in [-0.4, -0.2) is 51.1 Å². The number of tetrazole rings is 1. The minimum absolute atomic E-state index is 0.00940. The maximum absolute atomic E-state index is 14.3. The monoisotopic (exact) mass is 435 g/mol. The summed E-state index contributed by atoms with van der Waals surface area (Å²) in [5.41, 5.74) is -1.45. The average Bonchev–Trinajstić information content (AvgIpc) is 3.12. The van der Waals surface area contributed by atoms with Crippen LogP contribution < -0.4 is 19.8 Å². The van der Waals surface area contributed by atoms with Gasteiger partial charge >= 0.3 is 17.7 Å². The molecule has 0 saturated heterocycles. The van der Waals surface area contributed by atoms with E-state index in [1.54, 1.807) is 0 Å². The van der Waals surface area contributed by atoms with Crippen molar-refractivity contribution < 1.29 is 28.6 Å². The van der Waals surface area contributed by atoms with Crippen molar-refractivity contribution in [2.75, 3.05) is 18.9 Å².